The molecule has 0 fully saturated rings. The van der Waals surface area contributed by atoms with Crippen LogP contribution in [0.15, 0.2) is 30.3 Å². The molecule has 1 aromatic carbocycles. The van der Waals surface area contributed by atoms with Gasteiger partial charge in [-0.05, 0) is 19.4 Å². The Kier molecular flexibility index (Phi) is 6.26. The van der Waals surface area contributed by atoms with E-state index in [1.807, 2.05) is 30.3 Å². The van der Waals surface area contributed by atoms with E-state index in [0.29, 0.717) is 12.2 Å². The Morgan fingerprint density at radius 2 is 2.04 bits per heavy atom. The van der Waals surface area contributed by atoms with E-state index in [1.165, 1.54) is 11.6 Å². The van der Waals surface area contributed by atoms with Crippen LogP contribution in [-0.4, -0.2) is 33.9 Å². The second-order valence-corrected chi connectivity index (χ2v) is 6.04. The Hall–Kier alpha value is -2.98. The topological polar surface area (TPSA) is 109 Å². The zero-order valence-electron chi connectivity index (χ0n) is 14.3. The molecular formula is C18H17ClN4O3. The number of rotatable bonds is 7. The molecule has 7 nitrogen and oxygen atoms in total. The molecule has 0 amide bonds. The molecule has 0 radical (unpaired) electrons. The number of carbonyl (C=O) groups excluding carboxylic acids is 2. The van der Waals surface area contributed by atoms with Crippen LogP contribution in [0.25, 0.3) is 0 Å². The number of hydrogen-bond donors (Lipinski definition) is 1. The van der Waals surface area contributed by atoms with E-state index in [-0.39, 0.29) is 16.4 Å². The fourth-order valence-corrected chi connectivity index (χ4v) is 2.66. The van der Waals surface area contributed by atoms with Crippen molar-refractivity contribution in [2.45, 2.75) is 20.4 Å². The Morgan fingerprint density at radius 3 is 2.62 bits per heavy atom. The fourth-order valence-electron chi connectivity index (χ4n) is 2.35. The van der Waals surface area contributed by atoms with Crippen molar-refractivity contribution in [2.24, 2.45) is 5.92 Å². The molecule has 0 aliphatic carbocycles. The third-order valence-electron chi connectivity index (χ3n) is 3.67. The summed E-state index contributed by atoms with van der Waals surface area (Å²) >= 11 is 6.26. The molecule has 0 aliphatic rings. The van der Waals surface area contributed by atoms with Crippen LogP contribution in [0.5, 0.6) is 0 Å². The molecule has 0 bridgehead atoms. The van der Waals surface area contributed by atoms with Crippen LogP contribution in [0, 0.1) is 29.6 Å². The Labute approximate surface area is 155 Å². The number of nitrogens with one attached hydrogen (secondary N) is 1. The lowest BCUT2D eigenvalue weighted by Gasteiger charge is -2.07. The molecule has 1 atom stereocenters. The number of benzene rings is 1. The standard InChI is InChI=1S/C18H17ClN4O3/c1-11(21)14(8-20)15(24)10-26-18(25)16-12(2)22-23(17(16)19)9-13-6-4-3-5-7-13/h3-7,14,21H,9-10H2,1-2H3/t14-/m1/s1. The average Bonchev–Trinajstić information content (AvgIpc) is 2.87. The van der Waals surface area contributed by atoms with Crippen LogP contribution in [-0.2, 0) is 16.1 Å². The number of ether oxygens (including phenoxy) is 1. The third kappa shape index (κ3) is 4.35. The summed E-state index contributed by atoms with van der Waals surface area (Å²) in [4.78, 5) is 24.2. The number of nitrogens with zero attached hydrogens (tertiary/aromatic N) is 3. The summed E-state index contributed by atoms with van der Waals surface area (Å²) in [5.74, 6) is -2.67. The number of nitriles is 1. The summed E-state index contributed by atoms with van der Waals surface area (Å²) in [5.41, 5.74) is 1.32. The van der Waals surface area contributed by atoms with Crippen LogP contribution < -0.4 is 0 Å². The molecule has 0 unspecified atom stereocenters. The van der Waals surface area contributed by atoms with E-state index in [9.17, 15) is 9.59 Å². The molecule has 0 saturated carbocycles. The lowest BCUT2D eigenvalue weighted by atomic mass is 10.0. The van der Waals surface area contributed by atoms with E-state index < -0.39 is 24.3 Å². The second-order valence-electron chi connectivity index (χ2n) is 5.68. The molecule has 0 saturated heterocycles. The van der Waals surface area contributed by atoms with E-state index in [2.05, 4.69) is 5.10 Å². The van der Waals surface area contributed by atoms with Gasteiger partial charge in [0, 0.05) is 5.71 Å². The summed E-state index contributed by atoms with van der Waals surface area (Å²) in [6.07, 6.45) is 0. The first-order valence-electron chi connectivity index (χ1n) is 7.76. The Bertz CT molecular complexity index is 884. The number of halogens is 1. The van der Waals surface area contributed by atoms with E-state index in [0.717, 1.165) is 5.56 Å². The van der Waals surface area contributed by atoms with E-state index >= 15 is 0 Å². The minimum Gasteiger partial charge on any atom is -0.454 e. The van der Waals surface area contributed by atoms with Gasteiger partial charge in [0.25, 0.3) is 0 Å². The summed E-state index contributed by atoms with van der Waals surface area (Å²) < 4.78 is 6.45. The van der Waals surface area contributed by atoms with Gasteiger partial charge in [-0.3, -0.25) is 4.79 Å². The number of hydrogen-bond acceptors (Lipinski definition) is 6. The molecule has 1 aromatic heterocycles. The van der Waals surface area contributed by atoms with Crippen LogP contribution in [0.2, 0.25) is 5.15 Å². The molecule has 1 N–H and O–H groups in total. The monoisotopic (exact) mass is 372 g/mol. The number of Topliss-reactive ketones (excluding diaryl/α,β-unsaturated/α-hetero) is 1. The van der Waals surface area contributed by atoms with Gasteiger partial charge in [-0.1, -0.05) is 41.9 Å². The summed E-state index contributed by atoms with van der Waals surface area (Å²) in [6, 6.07) is 11.2. The Morgan fingerprint density at radius 1 is 1.38 bits per heavy atom. The van der Waals surface area contributed by atoms with Crippen LogP contribution in [0.1, 0.15) is 28.5 Å². The van der Waals surface area contributed by atoms with Crippen molar-refractivity contribution in [3.63, 3.8) is 0 Å². The minimum absolute atomic E-state index is 0.0791. The number of ketones is 1. The van der Waals surface area contributed by atoms with Gasteiger partial charge in [-0.2, -0.15) is 10.4 Å². The smallest absolute Gasteiger partial charge is 0.343 e. The zero-order chi connectivity index (χ0) is 19.3. The average molecular weight is 373 g/mol. The maximum Gasteiger partial charge on any atom is 0.343 e. The highest BCUT2D eigenvalue weighted by Crippen LogP contribution is 2.22. The highest BCUT2D eigenvalue weighted by atomic mass is 35.5. The first-order chi connectivity index (χ1) is 12.3. The lowest BCUT2D eigenvalue weighted by molar-refractivity contribution is -0.122. The maximum absolute atomic E-state index is 12.3. The third-order valence-corrected chi connectivity index (χ3v) is 4.06. The molecule has 1 heterocycles. The molecule has 2 aromatic rings. The SMILES string of the molecule is CC(=N)[C@@H](C#N)C(=O)COC(=O)c1c(C)nn(Cc2ccccc2)c1Cl. The van der Waals surface area contributed by atoms with Crippen molar-refractivity contribution >= 4 is 29.1 Å². The molecule has 2 rings (SSSR count). The summed E-state index contributed by atoms with van der Waals surface area (Å²) in [5, 5.41) is 20.6. The van der Waals surface area contributed by atoms with Gasteiger partial charge < -0.3 is 10.1 Å². The zero-order valence-corrected chi connectivity index (χ0v) is 15.1. The largest absolute Gasteiger partial charge is 0.454 e. The van der Waals surface area contributed by atoms with E-state index in [4.69, 9.17) is 27.0 Å². The highest BCUT2D eigenvalue weighted by Gasteiger charge is 2.25. The number of carbonyl (C=O) groups is 2. The van der Waals surface area contributed by atoms with E-state index in [1.54, 1.807) is 13.0 Å². The van der Waals surface area contributed by atoms with Crippen molar-refractivity contribution in [1.82, 2.24) is 9.78 Å². The number of aromatic nitrogens is 2. The first kappa shape index (κ1) is 19.3. The normalized spacial score (nSPS) is 11.5. The molecule has 0 aliphatic heterocycles. The fraction of sp³-hybridized carbons (Fsp3) is 0.278. The van der Waals surface area contributed by atoms with Gasteiger partial charge in [0.05, 0.1) is 18.3 Å². The second kappa shape index (κ2) is 8.41. The van der Waals surface area contributed by atoms with Crippen molar-refractivity contribution in [3.05, 3.63) is 52.3 Å². The number of esters is 1. The maximum atomic E-state index is 12.3. The molecule has 8 heteroatoms. The van der Waals surface area contributed by atoms with Gasteiger partial charge >= 0.3 is 5.97 Å². The summed E-state index contributed by atoms with van der Waals surface area (Å²) in [6.45, 7) is 2.75. The first-order valence-corrected chi connectivity index (χ1v) is 8.14. The van der Waals surface area contributed by atoms with Gasteiger partial charge in [0.2, 0.25) is 0 Å². The summed E-state index contributed by atoms with van der Waals surface area (Å²) in [7, 11) is 0. The number of aryl methyl sites for hydroxylation is 1. The molecule has 134 valence electrons. The predicted molar refractivity (Wildman–Crippen MR) is 95.3 cm³/mol. The van der Waals surface area contributed by atoms with Gasteiger partial charge in [0.15, 0.2) is 12.4 Å². The highest BCUT2D eigenvalue weighted by molar-refractivity contribution is 6.32. The predicted octanol–water partition coefficient (Wildman–Crippen LogP) is 2.80. The quantitative estimate of drug-likeness (QED) is 0.593. The minimum atomic E-state index is -1.22. The van der Waals surface area contributed by atoms with Crippen LogP contribution >= 0.6 is 11.6 Å². The van der Waals surface area contributed by atoms with Gasteiger partial charge in [0.1, 0.15) is 16.6 Å². The Balaban J connectivity index is 2.11. The van der Waals surface area contributed by atoms with Crippen molar-refractivity contribution < 1.29 is 14.3 Å². The van der Waals surface area contributed by atoms with Crippen molar-refractivity contribution in [2.75, 3.05) is 6.61 Å². The van der Waals surface area contributed by atoms with Gasteiger partial charge in [-0.15, -0.1) is 0 Å². The van der Waals surface area contributed by atoms with Gasteiger partial charge in [-0.25, -0.2) is 9.48 Å². The van der Waals surface area contributed by atoms with Crippen LogP contribution in [0.4, 0.5) is 0 Å². The molecule has 26 heavy (non-hydrogen) atoms. The van der Waals surface area contributed by atoms with Crippen LogP contribution in [0.3, 0.4) is 0 Å². The molecular weight excluding hydrogens is 356 g/mol. The van der Waals surface area contributed by atoms with Crippen molar-refractivity contribution in [3.8, 4) is 6.07 Å². The lowest BCUT2D eigenvalue weighted by Crippen LogP contribution is -2.25. The molecule has 0 spiro atoms. The van der Waals surface area contributed by atoms with Crippen molar-refractivity contribution in [1.29, 1.82) is 10.7 Å².